The van der Waals surface area contributed by atoms with E-state index in [0.29, 0.717) is 12.2 Å². The van der Waals surface area contributed by atoms with Gasteiger partial charge in [0.1, 0.15) is 5.57 Å². The Morgan fingerprint density at radius 2 is 1.30 bits per heavy atom. The largest absolute Gasteiger partial charge is 0.480 e. The molecule has 27 heavy (non-hydrogen) atoms. The molecule has 0 aliphatic rings. The van der Waals surface area contributed by atoms with Crippen LogP contribution >= 0.6 is 7.26 Å². The summed E-state index contributed by atoms with van der Waals surface area (Å²) in [6.45, 7) is 15.0. The summed E-state index contributed by atoms with van der Waals surface area (Å²) < 4.78 is 10.4. The van der Waals surface area contributed by atoms with Gasteiger partial charge in [0.25, 0.3) is 5.95 Å². The van der Waals surface area contributed by atoms with Gasteiger partial charge in [-0.25, -0.2) is 4.79 Å². The van der Waals surface area contributed by atoms with Crippen LogP contribution in [0.2, 0.25) is 0 Å². The second-order valence-electron chi connectivity index (χ2n) is 7.17. The summed E-state index contributed by atoms with van der Waals surface area (Å²) in [5, 5.41) is 10.3. The Balaban J connectivity index is 5.72. The van der Waals surface area contributed by atoms with Gasteiger partial charge in [-0.05, 0) is 33.1 Å². The summed E-state index contributed by atoms with van der Waals surface area (Å²) in [7, 11) is -1.28. The molecule has 0 spiro atoms. The summed E-state index contributed by atoms with van der Waals surface area (Å²) >= 11 is 0. The van der Waals surface area contributed by atoms with Crippen molar-refractivity contribution in [3.8, 4) is 0 Å². The molecule has 158 valence electrons. The van der Waals surface area contributed by atoms with E-state index in [1.807, 2.05) is 0 Å². The highest BCUT2D eigenvalue weighted by atomic mass is 31.2. The lowest BCUT2D eigenvalue weighted by Crippen LogP contribution is -2.19. The van der Waals surface area contributed by atoms with Crippen LogP contribution in [0.4, 0.5) is 0 Å². The van der Waals surface area contributed by atoms with E-state index in [9.17, 15) is 9.90 Å². The Morgan fingerprint density at radius 1 is 0.852 bits per heavy atom. The smallest absolute Gasteiger partial charge is 0.345 e. The maximum Gasteiger partial charge on any atom is 0.345 e. The fourth-order valence-electron chi connectivity index (χ4n) is 3.33. The normalized spacial score (nSPS) is 12.5. The molecule has 1 N–H and O–H groups in total. The van der Waals surface area contributed by atoms with Gasteiger partial charge in [0.2, 0.25) is 0 Å². The van der Waals surface area contributed by atoms with Crippen molar-refractivity contribution < 1.29 is 19.4 Å². The van der Waals surface area contributed by atoms with E-state index in [2.05, 4.69) is 27.4 Å². The highest BCUT2D eigenvalue weighted by molar-refractivity contribution is 7.76. The van der Waals surface area contributed by atoms with Gasteiger partial charge in [-0.1, -0.05) is 46.6 Å². The van der Waals surface area contributed by atoms with E-state index in [1.165, 1.54) is 57.0 Å². The van der Waals surface area contributed by atoms with Crippen LogP contribution in [-0.4, -0.2) is 48.9 Å². The lowest BCUT2D eigenvalue weighted by Gasteiger charge is -2.29. The Kier molecular flexibility index (Phi) is 14.4. The first-order chi connectivity index (χ1) is 12.9. The van der Waals surface area contributed by atoms with Crippen LogP contribution in [0.1, 0.15) is 73.1 Å². The molecule has 4 nitrogen and oxygen atoms in total. The van der Waals surface area contributed by atoms with Gasteiger partial charge in [-0.2, -0.15) is 0 Å². The fraction of sp³-hybridized carbons (Fsp3) is 0.773. The number of carbonyl (C=O) groups excluding carboxylic acids is 1. The van der Waals surface area contributed by atoms with Crippen molar-refractivity contribution in [2.75, 3.05) is 37.9 Å². The number of hydrogen-bond donors (Lipinski definition) is 1. The first-order valence-electron chi connectivity index (χ1n) is 10.7. The minimum absolute atomic E-state index is 0.132. The molecule has 0 amide bonds. The summed E-state index contributed by atoms with van der Waals surface area (Å²) in [6, 6.07) is 0. The third-order valence-electron chi connectivity index (χ3n) is 4.81. The highest BCUT2D eigenvalue weighted by Gasteiger charge is 2.38. The SMILES string of the molecule is C=C(C[P+](CCCC)(CCCC)CCCC)/C(C(=O)OCC)=C(/O)OCC. The van der Waals surface area contributed by atoms with E-state index in [1.54, 1.807) is 13.8 Å². The summed E-state index contributed by atoms with van der Waals surface area (Å²) in [5.74, 6) is -0.881. The second-order valence-corrected chi connectivity index (χ2v) is 11.5. The Hall–Kier alpha value is -1.02. The van der Waals surface area contributed by atoms with E-state index >= 15 is 0 Å². The molecule has 0 unspecified atom stereocenters. The van der Waals surface area contributed by atoms with Gasteiger partial charge in [-0.15, -0.1) is 0 Å². The summed E-state index contributed by atoms with van der Waals surface area (Å²) in [4.78, 5) is 12.5. The quantitative estimate of drug-likeness (QED) is 0.108. The molecule has 0 heterocycles. The molecule has 0 saturated carbocycles. The standard InChI is InChI=1S/C22H41O4P/c1-7-12-15-27(16-13-8-2,17-14-9-3)18-19(6)20(21(23)25-10-4)22(24)26-11-5/h6-18H2,1-5H3/p+1. The van der Waals surface area contributed by atoms with E-state index in [-0.39, 0.29) is 18.1 Å². The fourth-order valence-corrected chi connectivity index (χ4v) is 8.41. The van der Waals surface area contributed by atoms with Crippen molar-refractivity contribution in [2.24, 2.45) is 0 Å². The van der Waals surface area contributed by atoms with Crippen molar-refractivity contribution in [3.63, 3.8) is 0 Å². The monoisotopic (exact) mass is 401 g/mol. The number of hydrogen-bond acceptors (Lipinski definition) is 4. The minimum Gasteiger partial charge on any atom is -0.480 e. The van der Waals surface area contributed by atoms with Gasteiger partial charge in [-0.3, -0.25) is 0 Å². The zero-order chi connectivity index (χ0) is 20.7. The molecule has 0 aromatic rings. The summed E-state index contributed by atoms with van der Waals surface area (Å²) in [5.41, 5.74) is 0.809. The number of aliphatic hydroxyl groups excluding tert-OH is 1. The van der Waals surface area contributed by atoms with E-state index in [0.717, 1.165) is 6.16 Å². The predicted octanol–water partition coefficient (Wildman–Crippen LogP) is 6.33. The zero-order valence-electron chi connectivity index (χ0n) is 18.3. The number of esters is 1. The highest BCUT2D eigenvalue weighted by Crippen LogP contribution is 2.62. The molecule has 0 saturated heterocycles. The van der Waals surface area contributed by atoms with Crippen molar-refractivity contribution in [1.29, 1.82) is 0 Å². The molecule has 0 aromatic heterocycles. The minimum atomic E-state index is -1.28. The van der Waals surface area contributed by atoms with Crippen LogP contribution in [0.5, 0.6) is 0 Å². The van der Waals surface area contributed by atoms with Gasteiger partial charge < -0.3 is 14.6 Å². The van der Waals surface area contributed by atoms with Gasteiger partial charge in [0.15, 0.2) is 0 Å². The Morgan fingerprint density at radius 3 is 1.67 bits per heavy atom. The van der Waals surface area contributed by atoms with Crippen molar-refractivity contribution in [3.05, 3.63) is 23.7 Å². The molecule has 0 atom stereocenters. The molecular weight excluding hydrogens is 359 g/mol. The molecule has 5 heteroatoms. The van der Waals surface area contributed by atoms with Crippen LogP contribution < -0.4 is 0 Å². The maximum absolute atomic E-state index is 12.5. The van der Waals surface area contributed by atoms with Gasteiger partial charge in [0.05, 0.1) is 37.9 Å². The molecule has 0 radical (unpaired) electrons. The molecular formula is C22H42O4P+. The Labute approximate surface area is 167 Å². The first-order valence-corrected chi connectivity index (χ1v) is 13.2. The summed E-state index contributed by atoms with van der Waals surface area (Å²) in [6.07, 6.45) is 11.7. The van der Waals surface area contributed by atoms with Crippen LogP contribution in [0.15, 0.2) is 23.7 Å². The lowest BCUT2D eigenvalue weighted by molar-refractivity contribution is -0.138. The zero-order valence-corrected chi connectivity index (χ0v) is 19.2. The average molecular weight is 402 g/mol. The van der Waals surface area contributed by atoms with Crippen molar-refractivity contribution >= 4 is 13.2 Å². The Bertz CT molecular complexity index is 449. The molecule has 0 bridgehead atoms. The average Bonchev–Trinajstić information content (AvgIpc) is 2.63. The first kappa shape index (κ1) is 26.0. The number of carbonyl (C=O) groups is 1. The second kappa shape index (κ2) is 15.0. The third-order valence-corrected chi connectivity index (χ3v) is 9.66. The van der Waals surface area contributed by atoms with Gasteiger partial charge in [0, 0.05) is 12.8 Å². The predicted molar refractivity (Wildman–Crippen MR) is 118 cm³/mol. The molecule has 0 aliphatic carbocycles. The molecule has 0 aromatic carbocycles. The lowest BCUT2D eigenvalue weighted by atomic mass is 10.1. The number of ether oxygens (including phenoxy) is 2. The maximum atomic E-state index is 12.5. The van der Waals surface area contributed by atoms with Crippen molar-refractivity contribution in [1.82, 2.24) is 0 Å². The number of rotatable bonds is 16. The van der Waals surface area contributed by atoms with Crippen LogP contribution in [-0.2, 0) is 14.3 Å². The van der Waals surface area contributed by atoms with Crippen LogP contribution in [0.25, 0.3) is 0 Å². The molecule has 0 rings (SSSR count). The van der Waals surface area contributed by atoms with Gasteiger partial charge >= 0.3 is 5.97 Å². The van der Waals surface area contributed by atoms with E-state index in [4.69, 9.17) is 9.47 Å². The number of aliphatic hydroxyl groups is 1. The van der Waals surface area contributed by atoms with Crippen LogP contribution in [0, 0.1) is 0 Å². The van der Waals surface area contributed by atoms with Crippen molar-refractivity contribution in [2.45, 2.75) is 73.1 Å². The number of unbranched alkanes of at least 4 members (excludes halogenated alkanes) is 3. The third kappa shape index (κ3) is 9.65. The molecule has 0 fully saturated rings. The van der Waals surface area contributed by atoms with E-state index < -0.39 is 13.2 Å². The topological polar surface area (TPSA) is 55.8 Å². The molecule has 0 aliphatic heterocycles. The van der Waals surface area contributed by atoms with Crippen LogP contribution in [0.3, 0.4) is 0 Å².